The van der Waals surface area contributed by atoms with E-state index in [0.29, 0.717) is 35.9 Å². The summed E-state index contributed by atoms with van der Waals surface area (Å²) in [6.07, 6.45) is 1.69. The maximum Gasteiger partial charge on any atom is 0.340 e. The lowest BCUT2D eigenvalue weighted by Crippen LogP contribution is -2.28. The minimum absolute atomic E-state index is 0.0639. The molecule has 1 saturated carbocycles. The second kappa shape index (κ2) is 5.37. The van der Waals surface area contributed by atoms with Gasteiger partial charge < -0.3 is 19.3 Å². The van der Waals surface area contributed by atoms with E-state index in [2.05, 4.69) is 0 Å². The van der Waals surface area contributed by atoms with Crippen molar-refractivity contribution in [2.45, 2.75) is 25.6 Å². The highest BCUT2D eigenvalue weighted by Gasteiger charge is 2.31. The average Bonchev–Trinajstić information content (AvgIpc) is 3.27. The summed E-state index contributed by atoms with van der Waals surface area (Å²) in [6.45, 7) is 0.533. The van der Waals surface area contributed by atoms with Gasteiger partial charge in [0.2, 0.25) is 6.29 Å². The molecule has 1 atom stereocenters. The lowest BCUT2D eigenvalue weighted by atomic mass is 9.95. The molecule has 6 nitrogen and oxygen atoms in total. The number of cyclic esters (lactones) is 1. The normalized spacial score (nSPS) is 20.5. The van der Waals surface area contributed by atoms with Gasteiger partial charge in [0, 0.05) is 6.42 Å². The van der Waals surface area contributed by atoms with Crippen LogP contribution in [0.1, 0.15) is 39.1 Å². The van der Waals surface area contributed by atoms with Crippen molar-refractivity contribution in [1.29, 1.82) is 0 Å². The van der Waals surface area contributed by atoms with Gasteiger partial charge in [0.15, 0.2) is 17.8 Å². The topological polar surface area (TPSA) is 82.1 Å². The number of aliphatic hydroxyl groups is 1. The van der Waals surface area contributed by atoms with Crippen LogP contribution in [0.15, 0.2) is 6.07 Å². The predicted octanol–water partition coefficient (Wildman–Crippen LogP) is 1.33. The number of aldehydes is 1. The lowest BCUT2D eigenvalue weighted by molar-refractivity contribution is -0.0688. The van der Waals surface area contributed by atoms with Crippen LogP contribution in [0.25, 0.3) is 0 Å². The number of carbonyl (C=O) groups excluding carboxylic acids is 2. The monoisotopic (exact) mass is 292 g/mol. The fourth-order valence-electron chi connectivity index (χ4n) is 2.44. The Morgan fingerprint density at radius 2 is 2.24 bits per heavy atom. The van der Waals surface area contributed by atoms with Gasteiger partial charge in [-0.25, -0.2) is 4.79 Å². The molecular formula is C15H16O6. The highest BCUT2D eigenvalue weighted by molar-refractivity contribution is 5.97. The van der Waals surface area contributed by atoms with Crippen molar-refractivity contribution in [2.24, 2.45) is 5.92 Å². The van der Waals surface area contributed by atoms with Gasteiger partial charge in [-0.3, -0.25) is 4.79 Å². The van der Waals surface area contributed by atoms with Gasteiger partial charge in [0.25, 0.3) is 0 Å². The summed E-state index contributed by atoms with van der Waals surface area (Å²) in [4.78, 5) is 23.3. The molecule has 0 saturated heterocycles. The van der Waals surface area contributed by atoms with E-state index < -0.39 is 12.3 Å². The fraction of sp³-hybridized carbons (Fsp3) is 0.467. The summed E-state index contributed by atoms with van der Waals surface area (Å²) in [6, 6.07) is 1.53. The molecule has 1 aliphatic heterocycles. The Bertz CT molecular complexity index is 590. The molecule has 6 heteroatoms. The van der Waals surface area contributed by atoms with Crippen molar-refractivity contribution >= 4 is 12.3 Å². The van der Waals surface area contributed by atoms with Crippen LogP contribution in [0.4, 0.5) is 0 Å². The summed E-state index contributed by atoms with van der Waals surface area (Å²) in [5, 5.41) is 9.53. The van der Waals surface area contributed by atoms with Crippen LogP contribution in [0.5, 0.6) is 11.5 Å². The first-order chi connectivity index (χ1) is 10.1. The van der Waals surface area contributed by atoms with Crippen LogP contribution in [0, 0.1) is 5.92 Å². The van der Waals surface area contributed by atoms with E-state index in [1.54, 1.807) is 0 Å². The molecule has 3 rings (SSSR count). The first-order valence-electron chi connectivity index (χ1n) is 6.85. The minimum atomic E-state index is -1.24. The largest absolute Gasteiger partial charge is 0.492 e. The molecule has 0 radical (unpaired) electrons. The number of ether oxygens (including phenoxy) is 3. The smallest absolute Gasteiger partial charge is 0.340 e. The third-order valence-corrected chi connectivity index (χ3v) is 3.73. The van der Waals surface area contributed by atoms with E-state index >= 15 is 0 Å². The van der Waals surface area contributed by atoms with Crippen molar-refractivity contribution in [3.05, 3.63) is 22.8 Å². The van der Waals surface area contributed by atoms with Crippen molar-refractivity contribution in [3.8, 4) is 11.5 Å². The molecule has 0 aromatic heterocycles. The minimum Gasteiger partial charge on any atom is -0.492 e. The molecule has 21 heavy (non-hydrogen) atoms. The second-order valence-electron chi connectivity index (χ2n) is 5.28. The van der Waals surface area contributed by atoms with Gasteiger partial charge in [0.1, 0.15) is 0 Å². The first kappa shape index (κ1) is 13.9. The van der Waals surface area contributed by atoms with Crippen molar-refractivity contribution in [2.75, 3.05) is 13.7 Å². The molecule has 1 aromatic carbocycles. The first-order valence-corrected chi connectivity index (χ1v) is 6.85. The summed E-state index contributed by atoms with van der Waals surface area (Å²) in [5.74, 6) is 0.523. The van der Waals surface area contributed by atoms with E-state index in [1.165, 1.54) is 13.2 Å². The van der Waals surface area contributed by atoms with Crippen LogP contribution < -0.4 is 9.47 Å². The number of methoxy groups -OCH3 is 1. The standard InChI is InChI=1S/C15H16O6/c1-19-14-11(6-16)9-5-13(17)21-15(18)10(9)4-12(14)20-7-8-2-3-8/h4,6,8,13,17H,2-3,5,7H2,1H3. The number of aliphatic hydroxyl groups excluding tert-OH is 1. The van der Waals surface area contributed by atoms with Crippen molar-refractivity contribution in [1.82, 2.24) is 0 Å². The molecule has 1 aromatic rings. The zero-order valence-electron chi connectivity index (χ0n) is 11.6. The van der Waals surface area contributed by atoms with Crippen LogP contribution in [0.2, 0.25) is 0 Å². The van der Waals surface area contributed by atoms with Crippen molar-refractivity contribution in [3.63, 3.8) is 0 Å². The Labute approximate surface area is 121 Å². The average molecular weight is 292 g/mol. The third-order valence-electron chi connectivity index (χ3n) is 3.73. The molecule has 112 valence electrons. The SMILES string of the molecule is COc1c(OCC2CC2)cc2c(c1C=O)CC(O)OC2=O. The zero-order chi connectivity index (χ0) is 15.0. The fourth-order valence-corrected chi connectivity index (χ4v) is 2.44. The Kier molecular flexibility index (Phi) is 3.55. The lowest BCUT2D eigenvalue weighted by Gasteiger charge is -2.24. The Hall–Kier alpha value is -2.08. The van der Waals surface area contributed by atoms with E-state index in [0.717, 1.165) is 12.8 Å². The highest BCUT2D eigenvalue weighted by atomic mass is 16.6. The van der Waals surface area contributed by atoms with E-state index in [-0.39, 0.29) is 17.5 Å². The number of hydrogen-bond acceptors (Lipinski definition) is 6. The molecule has 1 N–H and O–H groups in total. The Balaban J connectivity index is 2.05. The van der Waals surface area contributed by atoms with Crippen LogP contribution in [-0.4, -0.2) is 37.4 Å². The number of esters is 1. The molecule has 1 fully saturated rings. The maximum absolute atomic E-state index is 11.9. The van der Waals surface area contributed by atoms with Gasteiger partial charge in [-0.15, -0.1) is 0 Å². The van der Waals surface area contributed by atoms with Gasteiger partial charge in [-0.1, -0.05) is 0 Å². The summed E-state index contributed by atoms with van der Waals surface area (Å²) in [5.41, 5.74) is 0.912. The van der Waals surface area contributed by atoms with Crippen LogP contribution >= 0.6 is 0 Å². The molecule has 0 amide bonds. The van der Waals surface area contributed by atoms with E-state index in [4.69, 9.17) is 14.2 Å². The highest BCUT2D eigenvalue weighted by Crippen LogP contribution is 2.39. The van der Waals surface area contributed by atoms with Gasteiger partial charge in [0.05, 0.1) is 24.8 Å². The zero-order valence-corrected chi connectivity index (χ0v) is 11.6. The van der Waals surface area contributed by atoms with E-state index in [9.17, 15) is 14.7 Å². The maximum atomic E-state index is 11.9. The molecular weight excluding hydrogens is 276 g/mol. The molecule has 2 aliphatic rings. The second-order valence-corrected chi connectivity index (χ2v) is 5.28. The van der Waals surface area contributed by atoms with Gasteiger partial charge in [-0.2, -0.15) is 0 Å². The third kappa shape index (κ3) is 2.58. The molecule has 1 aliphatic carbocycles. The Morgan fingerprint density at radius 3 is 2.86 bits per heavy atom. The van der Waals surface area contributed by atoms with E-state index in [1.807, 2.05) is 0 Å². The molecule has 1 unspecified atom stereocenters. The van der Waals surface area contributed by atoms with Gasteiger partial charge in [-0.05, 0) is 30.4 Å². The van der Waals surface area contributed by atoms with Crippen LogP contribution in [0.3, 0.4) is 0 Å². The molecule has 1 heterocycles. The summed E-state index contributed by atoms with van der Waals surface area (Å²) in [7, 11) is 1.44. The van der Waals surface area contributed by atoms with Gasteiger partial charge >= 0.3 is 5.97 Å². The number of rotatable bonds is 5. The molecule has 0 bridgehead atoms. The number of benzene rings is 1. The number of hydrogen-bond donors (Lipinski definition) is 1. The summed E-state index contributed by atoms with van der Waals surface area (Å²) >= 11 is 0. The Morgan fingerprint density at radius 1 is 1.48 bits per heavy atom. The summed E-state index contributed by atoms with van der Waals surface area (Å²) < 4.78 is 15.7. The van der Waals surface area contributed by atoms with Crippen molar-refractivity contribution < 1.29 is 28.9 Å². The quantitative estimate of drug-likeness (QED) is 0.651. The van der Waals surface area contributed by atoms with Crippen LogP contribution in [-0.2, 0) is 11.2 Å². The predicted molar refractivity (Wildman–Crippen MR) is 71.7 cm³/mol. The number of carbonyl (C=O) groups is 2. The molecule has 0 spiro atoms. The number of fused-ring (bicyclic) bond motifs is 1.